The molecule has 7 heteroatoms. The average molecular weight is 426 g/mol. The highest BCUT2D eigenvalue weighted by Crippen LogP contribution is 2.25. The van der Waals surface area contributed by atoms with E-state index in [2.05, 4.69) is 16.8 Å². The standard InChI is InChI=1S/C23H24ClN3O3/c1-26-12-14-27(15-13-26)19-8-9-21(24)20(16-19)22(28)10-6-17-2-4-18(5-3-17)7-11-23(29)25-30/h2-11,16,30H,12-15H2,1H3,(H,25,29). The molecule has 3 rings (SSSR count). The van der Waals surface area contributed by atoms with Gasteiger partial charge < -0.3 is 9.80 Å². The highest BCUT2D eigenvalue weighted by Gasteiger charge is 2.16. The first-order valence-corrected chi connectivity index (χ1v) is 10.0. The molecule has 0 radical (unpaired) electrons. The number of hydroxylamine groups is 1. The number of halogens is 1. The Balaban J connectivity index is 1.69. The van der Waals surface area contributed by atoms with Crippen LogP contribution in [-0.2, 0) is 4.79 Å². The van der Waals surface area contributed by atoms with Crippen LogP contribution in [0.3, 0.4) is 0 Å². The van der Waals surface area contributed by atoms with Crippen molar-refractivity contribution in [2.24, 2.45) is 0 Å². The number of ketones is 1. The normalized spacial score (nSPS) is 15.1. The summed E-state index contributed by atoms with van der Waals surface area (Å²) in [5, 5.41) is 8.92. The molecule has 30 heavy (non-hydrogen) atoms. The third-order valence-corrected chi connectivity index (χ3v) is 5.31. The zero-order valence-electron chi connectivity index (χ0n) is 16.7. The Labute approximate surface area is 181 Å². The van der Waals surface area contributed by atoms with Gasteiger partial charge in [-0.15, -0.1) is 0 Å². The lowest BCUT2D eigenvalue weighted by Crippen LogP contribution is -2.44. The summed E-state index contributed by atoms with van der Waals surface area (Å²) in [4.78, 5) is 28.3. The van der Waals surface area contributed by atoms with E-state index in [9.17, 15) is 9.59 Å². The summed E-state index contributed by atoms with van der Waals surface area (Å²) >= 11 is 6.29. The quantitative estimate of drug-likeness (QED) is 0.321. The summed E-state index contributed by atoms with van der Waals surface area (Å²) in [5.41, 5.74) is 4.67. The molecule has 0 atom stereocenters. The molecule has 6 nitrogen and oxygen atoms in total. The van der Waals surface area contributed by atoms with Crippen molar-refractivity contribution in [1.82, 2.24) is 10.4 Å². The largest absolute Gasteiger partial charge is 0.369 e. The van der Waals surface area contributed by atoms with Gasteiger partial charge in [-0.3, -0.25) is 14.8 Å². The maximum absolute atomic E-state index is 12.7. The van der Waals surface area contributed by atoms with Crippen molar-refractivity contribution >= 4 is 41.1 Å². The molecule has 0 aromatic heterocycles. The molecular weight excluding hydrogens is 402 g/mol. The number of carbonyl (C=O) groups is 2. The molecule has 1 aliphatic rings. The fraction of sp³-hybridized carbons (Fsp3) is 0.217. The van der Waals surface area contributed by atoms with Crippen molar-refractivity contribution in [2.75, 3.05) is 38.1 Å². The maximum Gasteiger partial charge on any atom is 0.267 e. The molecule has 1 heterocycles. The van der Waals surface area contributed by atoms with Crippen LogP contribution in [0.4, 0.5) is 5.69 Å². The van der Waals surface area contributed by atoms with Gasteiger partial charge in [-0.2, -0.15) is 0 Å². The van der Waals surface area contributed by atoms with E-state index in [1.54, 1.807) is 18.2 Å². The average Bonchev–Trinajstić information content (AvgIpc) is 2.77. The van der Waals surface area contributed by atoms with Crippen LogP contribution in [0, 0.1) is 0 Å². The number of carbonyl (C=O) groups excluding carboxylic acids is 2. The van der Waals surface area contributed by atoms with Crippen molar-refractivity contribution < 1.29 is 14.8 Å². The second-order valence-electron chi connectivity index (χ2n) is 7.13. The van der Waals surface area contributed by atoms with Crippen LogP contribution in [-0.4, -0.2) is 55.0 Å². The van der Waals surface area contributed by atoms with E-state index in [1.165, 1.54) is 17.6 Å². The van der Waals surface area contributed by atoms with Gasteiger partial charge in [0, 0.05) is 43.5 Å². The molecule has 1 aliphatic heterocycles. The van der Waals surface area contributed by atoms with Gasteiger partial charge in [-0.05, 0) is 48.5 Å². The molecule has 1 fully saturated rings. The fourth-order valence-electron chi connectivity index (χ4n) is 3.15. The number of allylic oxidation sites excluding steroid dienone is 1. The zero-order chi connectivity index (χ0) is 21.5. The second kappa shape index (κ2) is 10.2. The fourth-order valence-corrected chi connectivity index (χ4v) is 3.36. The van der Waals surface area contributed by atoms with Crippen molar-refractivity contribution in [3.63, 3.8) is 0 Å². The number of anilines is 1. The molecule has 2 aromatic carbocycles. The number of nitrogens with one attached hydrogen (secondary N) is 1. The summed E-state index contributed by atoms with van der Waals surface area (Å²) in [6.07, 6.45) is 6.05. The van der Waals surface area contributed by atoms with Crippen LogP contribution in [0.15, 0.2) is 54.6 Å². The lowest BCUT2D eigenvalue weighted by Gasteiger charge is -2.34. The monoisotopic (exact) mass is 425 g/mol. The number of hydrogen-bond donors (Lipinski definition) is 2. The summed E-state index contributed by atoms with van der Waals surface area (Å²) in [7, 11) is 2.10. The van der Waals surface area contributed by atoms with Crippen molar-refractivity contribution in [2.45, 2.75) is 0 Å². The first-order valence-electron chi connectivity index (χ1n) is 9.64. The Kier molecular flexibility index (Phi) is 7.41. The molecule has 0 spiro atoms. The summed E-state index contributed by atoms with van der Waals surface area (Å²) in [5.74, 6) is -0.750. The number of likely N-dealkylation sites (N-methyl/N-ethyl adjacent to an activating group) is 1. The highest BCUT2D eigenvalue weighted by atomic mass is 35.5. The molecule has 1 saturated heterocycles. The molecule has 1 amide bonds. The summed E-state index contributed by atoms with van der Waals surface area (Å²) in [6, 6.07) is 12.9. The van der Waals surface area contributed by atoms with Gasteiger partial charge in [0.15, 0.2) is 5.78 Å². The van der Waals surface area contributed by atoms with E-state index >= 15 is 0 Å². The summed E-state index contributed by atoms with van der Waals surface area (Å²) < 4.78 is 0. The van der Waals surface area contributed by atoms with Crippen molar-refractivity contribution in [3.8, 4) is 0 Å². The number of hydrogen-bond acceptors (Lipinski definition) is 5. The van der Waals surface area contributed by atoms with E-state index in [0.29, 0.717) is 10.6 Å². The lowest BCUT2D eigenvalue weighted by atomic mass is 10.1. The molecule has 2 N–H and O–H groups in total. The van der Waals surface area contributed by atoms with E-state index < -0.39 is 5.91 Å². The molecule has 0 unspecified atom stereocenters. The van der Waals surface area contributed by atoms with Gasteiger partial charge in [0.2, 0.25) is 0 Å². The smallest absolute Gasteiger partial charge is 0.267 e. The minimum absolute atomic E-state index is 0.153. The number of amides is 1. The molecule has 0 saturated carbocycles. The van der Waals surface area contributed by atoms with E-state index in [0.717, 1.165) is 43.0 Å². The SMILES string of the molecule is CN1CCN(c2ccc(Cl)c(C(=O)C=Cc3ccc(C=CC(=O)NO)cc3)c2)CC1. The first-order chi connectivity index (χ1) is 14.5. The topological polar surface area (TPSA) is 72.9 Å². The van der Waals surface area contributed by atoms with E-state index in [1.807, 2.05) is 36.4 Å². The van der Waals surface area contributed by atoms with Crippen LogP contribution < -0.4 is 10.4 Å². The Bertz CT molecular complexity index is 962. The Hall–Kier alpha value is -2.93. The Morgan fingerprint density at radius 2 is 1.57 bits per heavy atom. The molecule has 0 bridgehead atoms. The molecule has 2 aromatic rings. The van der Waals surface area contributed by atoms with Crippen LogP contribution >= 0.6 is 11.6 Å². The highest BCUT2D eigenvalue weighted by molar-refractivity contribution is 6.34. The number of nitrogens with zero attached hydrogens (tertiary/aromatic N) is 2. The number of benzene rings is 2. The van der Waals surface area contributed by atoms with Crippen LogP contribution in [0.5, 0.6) is 0 Å². The molecular formula is C23H24ClN3O3. The minimum atomic E-state index is -0.597. The van der Waals surface area contributed by atoms with E-state index in [-0.39, 0.29) is 5.78 Å². The molecule has 0 aliphatic carbocycles. The first kappa shape index (κ1) is 21.8. The second-order valence-corrected chi connectivity index (χ2v) is 7.54. The lowest BCUT2D eigenvalue weighted by molar-refractivity contribution is -0.124. The third-order valence-electron chi connectivity index (χ3n) is 4.98. The van der Waals surface area contributed by atoms with Crippen LogP contribution in [0.25, 0.3) is 12.2 Å². The zero-order valence-corrected chi connectivity index (χ0v) is 17.5. The number of rotatable bonds is 6. The predicted molar refractivity (Wildman–Crippen MR) is 120 cm³/mol. The van der Waals surface area contributed by atoms with Gasteiger partial charge in [0.1, 0.15) is 0 Å². The Morgan fingerprint density at radius 1 is 0.967 bits per heavy atom. The summed E-state index contributed by atoms with van der Waals surface area (Å²) in [6.45, 7) is 3.81. The number of piperazine rings is 1. The minimum Gasteiger partial charge on any atom is -0.369 e. The van der Waals surface area contributed by atoms with Gasteiger partial charge in [-0.1, -0.05) is 41.9 Å². The van der Waals surface area contributed by atoms with E-state index in [4.69, 9.17) is 16.8 Å². The third kappa shape index (κ3) is 5.79. The van der Waals surface area contributed by atoms with Gasteiger partial charge in [0.25, 0.3) is 5.91 Å². The van der Waals surface area contributed by atoms with Gasteiger partial charge in [-0.25, -0.2) is 5.48 Å². The van der Waals surface area contributed by atoms with Gasteiger partial charge in [0.05, 0.1) is 5.02 Å². The van der Waals surface area contributed by atoms with Gasteiger partial charge >= 0.3 is 0 Å². The Morgan fingerprint density at radius 3 is 2.17 bits per heavy atom. The van der Waals surface area contributed by atoms with Crippen LogP contribution in [0.1, 0.15) is 21.5 Å². The van der Waals surface area contributed by atoms with Crippen molar-refractivity contribution in [1.29, 1.82) is 0 Å². The van der Waals surface area contributed by atoms with Crippen LogP contribution in [0.2, 0.25) is 5.02 Å². The predicted octanol–water partition coefficient (Wildman–Crippen LogP) is 3.51. The maximum atomic E-state index is 12.7. The van der Waals surface area contributed by atoms with Crippen molar-refractivity contribution in [3.05, 3.63) is 76.3 Å². The molecule has 156 valence electrons.